The van der Waals surface area contributed by atoms with E-state index in [0.717, 1.165) is 5.69 Å². The molecule has 0 aliphatic heterocycles. The average molecular weight is 398 g/mol. The summed E-state index contributed by atoms with van der Waals surface area (Å²) in [6.45, 7) is -0.0490. The van der Waals surface area contributed by atoms with Crippen molar-refractivity contribution in [1.82, 2.24) is 25.2 Å². The van der Waals surface area contributed by atoms with Crippen LogP contribution in [-0.4, -0.2) is 33.6 Å². The van der Waals surface area contributed by atoms with Crippen molar-refractivity contribution in [2.45, 2.75) is 11.4 Å². The van der Waals surface area contributed by atoms with Crippen molar-refractivity contribution < 1.29 is 8.42 Å². The number of sulfonamides is 1. The summed E-state index contributed by atoms with van der Waals surface area (Å²) in [5, 5.41) is 13.8. The third-order valence-electron chi connectivity index (χ3n) is 3.78. The standard InChI is InChI=1S/C17H14N6O2S2/c24-27(25,15-9-5-2-6-10-15)22(17-18-11-12-26-17)13-16-19-20-21-23(16)14-7-3-1-4-8-14/h1-12H,13H2. The summed E-state index contributed by atoms with van der Waals surface area (Å²) in [5.74, 6) is 0.385. The third kappa shape index (κ3) is 3.44. The van der Waals surface area contributed by atoms with E-state index in [4.69, 9.17) is 0 Å². The van der Waals surface area contributed by atoms with Crippen LogP contribution in [0.25, 0.3) is 5.69 Å². The lowest BCUT2D eigenvalue weighted by molar-refractivity contribution is 0.588. The van der Waals surface area contributed by atoms with Gasteiger partial charge in [-0.15, -0.1) is 16.4 Å². The van der Waals surface area contributed by atoms with Crippen LogP contribution in [0.2, 0.25) is 0 Å². The molecular weight excluding hydrogens is 384 g/mol. The van der Waals surface area contributed by atoms with Gasteiger partial charge in [0.15, 0.2) is 11.0 Å². The Kier molecular flexibility index (Phi) is 4.65. The summed E-state index contributed by atoms with van der Waals surface area (Å²) < 4.78 is 29.2. The highest BCUT2D eigenvalue weighted by molar-refractivity contribution is 7.93. The van der Waals surface area contributed by atoms with Gasteiger partial charge in [-0.1, -0.05) is 36.4 Å². The normalized spacial score (nSPS) is 11.4. The minimum Gasteiger partial charge on any atom is -0.233 e. The van der Waals surface area contributed by atoms with Crippen molar-refractivity contribution in [1.29, 1.82) is 0 Å². The van der Waals surface area contributed by atoms with Gasteiger partial charge in [0, 0.05) is 11.6 Å². The highest BCUT2D eigenvalue weighted by Crippen LogP contribution is 2.27. The molecular formula is C17H14N6O2S2. The third-order valence-corrected chi connectivity index (χ3v) is 6.44. The molecule has 0 aliphatic carbocycles. The van der Waals surface area contributed by atoms with Crippen molar-refractivity contribution in [3.8, 4) is 5.69 Å². The van der Waals surface area contributed by atoms with Gasteiger partial charge >= 0.3 is 0 Å². The highest BCUT2D eigenvalue weighted by Gasteiger charge is 2.29. The summed E-state index contributed by atoms with van der Waals surface area (Å²) in [4.78, 5) is 4.36. The maximum Gasteiger partial charge on any atom is 0.266 e. The molecule has 0 radical (unpaired) electrons. The van der Waals surface area contributed by atoms with Crippen LogP contribution in [0.1, 0.15) is 5.82 Å². The maximum absolute atomic E-state index is 13.2. The molecule has 0 saturated carbocycles. The zero-order valence-electron chi connectivity index (χ0n) is 14.0. The number of tetrazole rings is 1. The summed E-state index contributed by atoms with van der Waals surface area (Å²) >= 11 is 1.23. The van der Waals surface area contributed by atoms with E-state index in [-0.39, 0.29) is 11.4 Å². The van der Waals surface area contributed by atoms with Crippen molar-refractivity contribution in [2.24, 2.45) is 0 Å². The van der Waals surface area contributed by atoms with Gasteiger partial charge in [-0.05, 0) is 34.7 Å². The molecule has 0 atom stereocenters. The zero-order valence-corrected chi connectivity index (χ0v) is 15.6. The Morgan fingerprint density at radius 1 is 1.00 bits per heavy atom. The molecule has 0 spiro atoms. The molecule has 136 valence electrons. The van der Waals surface area contributed by atoms with Crippen LogP contribution in [0.15, 0.2) is 77.1 Å². The number of hydrogen-bond donors (Lipinski definition) is 0. The Morgan fingerprint density at radius 3 is 2.37 bits per heavy atom. The Morgan fingerprint density at radius 2 is 1.70 bits per heavy atom. The van der Waals surface area contributed by atoms with Crippen LogP contribution in [-0.2, 0) is 16.6 Å². The first-order valence-electron chi connectivity index (χ1n) is 7.96. The van der Waals surface area contributed by atoms with E-state index >= 15 is 0 Å². The van der Waals surface area contributed by atoms with Crippen LogP contribution in [0.4, 0.5) is 5.13 Å². The Labute approximate surface area is 159 Å². The molecule has 0 fully saturated rings. The van der Waals surface area contributed by atoms with Gasteiger partial charge < -0.3 is 0 Å². The summed E-state index contributed by atoms with van der Waals surface area (Å²) in [5.41, 5.74) is 0.744. The Hall–Kier alpha value is -3.11. The predicted molar refractivity (Wildman–Crippen MR) is 101 cm³/mol. The van der Waals surface area contributed by atoms with Crippen molar-refractivity contribution in [2.75, 3.05) is 4.31 Å². The highest BCUT2D eigenvalue weighted by atomic mass is 32.2. The fourth-order valence-corrected chi connectivity index (χ4v) is 4.78. The first-order valence-corrected chi connectivity index (χ1v) is 10.3. The number of hydrogen-bond acceptors (Lipinski definition) is 7. The second-order valence-electron chi connectivity index (χ2n) is 5.48. The van der Waals surface area contributed by atoms with Gasteiger partial charge in [0.1, 0.15) is 0 Å². The molecule has 0 saturated heterocycles. The largest absolute Gasteiger partial charge is 0.266 e. The van der Waals surface area contributed by atoms with E-state index in [2.05, 4.69) is 20.5 Å². The van der Waals surface area contributed by atoms with E-state index in [1.807, 2.05) is 30.3 Å². The van der Waals surface area contributed by atoms with E-state index in [1.54, 1.807) is 41.9 Å². The molecule has 2 heterocycles. The quantitative estimate of drug-likeness (QED) is 0.495. The molecule has 0 unspecified atom stereocenters. The smallest absolute Gasteiger partial charge is 0.233 e. The fourth-order valence-electron chi connectivity index (χ4n) is 2.52. The van der Waals surface area contributed by atoms with E-state index < -0.39 is 10.0 Å². The van der Waals surface area contributed by atoms with Crippen molar-refractivity contribution >= 4 is 26.5 Å². The first-order chi connectivity index (χ1) is 13.2. The number of benzene rings is 2. The topological polar surface area (TPSA) is 93.9 Å². The first kappa shape index (κ1) is 17.3. The lowest BCUT2D eigenvalue weighted by Crippen LogP contribution is -2.31. The van der Waals surface area contributed by atoms with Gasteiger partial charge in [0.2, 0.25) is 0 Å². The Balaban J connectivity index is 1.76. The molecule has 0 amide bonds. The number of anilines is 1. The molecule has 8 nitrogen and oxygen atoms in total. The van der Waals surface area contributed by atoms with Gasteiger partial charge in [-0.25, -0.2) is 17.7 Å². The van der Waals surface area contributed by atoms with Crippen LogP contribution in [0.5, 0.6) is 0 Å². The zero-order chi connectivity index (χ0) is 18.7. The minimum atomic E-state index is -3.83. The van der Waals surface area contributed by atoms with Crippen LogP contribution < -0.4 is 4.31 Å². The van der Waals surface area contributed by atoms with E-state index in [1.165, 1.54) is 20.3 Å². The number of para-hydroxylation sites is 1. The minimum absolute atomic E-state index is 0.0490. The predicted octanol–water partition coefficient (Wildman–Crippen LogP) is 2.51. The molecule has 4 aromatic rings. The second kappa shape index (κ2) is 7.25. The van der Waals surface area contributed by atoms with Gasteiger partial charge in [0.05, 0.1) is 17.1 Å². The van der Waals surface area contributed by atoms with Gasteiger partial charge in [0.25, 0.3) is 10.0 Å². The second-order valence-corrected chi connectivity index (χ2v) is 8.22. The Bertz CT molecular complexity index is 1110. The summed E-state index contributed by atoms with van der Waals surface area (Å²) in [7, 11) is -3.83. The molecule has 0 N–H and O–H groups in total. The van der Waals surface area contributed by atoms with Crippen LogP contribution >= 0.6 is 11.3 Å². The van der Waals surface area contributed by atoms with Gasteiger partial charge in [-0.3, -0.25) is 0 Å². The average Bonchev–Trinajstić information content (AvgIpc) is 3.39. The summed E-state index contributed by atoms with van der Waals surface area (Å²) in [6, 6.07) is 17.5. The monoisotopic (exact) mass is 398 g/mol. The van der Waals surface area contributed by atoms with Gasteiger partial charge in [-0.2, -0.15) is 4.68 Å². The molecule has 10 heteroatoms. The number of nitrogens with zero attached hydrogens (tertiary/aromatic N) is 6. The number of thiazole rings is 1. The van der Waals surface area contributed by atoms with Crippen molar-refractivity contribution in [3.63, 3.8) is 0 Å². The van der Waals surface area contributed by atoms with Crippen LogP contribution in [0, 0.1) is 0 Å². The molecule has 0 aliphatic rings. The molecule has 4 rings (SSSR count). The maximum atomic E-state index is 13.2. The van der Waals surface area contributed by atoms with E-state index in [9.17, 15) is 8.42 Å². The molecule has 2 aromatic carbocycles. The summed E-state index contributed by atoms with van der Waals surface area (Å²) in [6.07, 6.45) is 1.56. The van der Waals surface area contributed by atoms with Crippen molar-refractivity contribution in [3.05, 3.63) is 78.1 Å². The number of aromatic nitrogens is 5. The molecule has 0 bridgehead atoms. The van der Waals surface area contributed by atoms with Crippen LogP contribution in [0.3, 0.4) is 0 Å². The molecule has 27 heavy (non-hydrogen) atoms. The lowest BCUT2D eigenvalue weighted by atomic mass is 10.3. The molecule has 2 aromatic heterocycles. The lowest BCUT2D eigenvalue weighted by Gasteiger charge is -2.21. The van der Waals surface area contributed by atoms with E-state index in [0.29, 0.717) is 11.0 Å². The SMILES string of the molecule is O=S(=O)(c1ccccc1)N(Cc1nnnn1-c1ccccc1)c1nccs1. The fraction of sp³-hybridized carbons (Fsp3) is 0.0588. The number of rotatable bonds is 6.